The molecular weight excluding hydrogens is 276 g/mol. The number of hydrogen-bond donors (Lipinski definition) is 3. The zero-order valence-corrected chi connectivity index (χ0v) is 11.0. The number of nitrogens with one attached hydrogen (secondary N) is 2. The van der Waals surface area contributed by atoms with Gasteiger partial charge in [0.15, 0.2) is 5.43 Å². The van der Waals surface area contributed by atoms with E-state index in [1.165, 1.54) is 43.8 Å². The van der Waals surface area contributed by atoms with E-state index < -0.39 is 17.3 Å². The number of rotatable bonds is 4. The number of carboxylic acids is 1. The number of methoxy groups -OCH3 is 1. The van der Waals surface area contributed by atoms with E-state index in [0.29, 0.717) is 5.75 Å². The van der Waals surface area contributed by atoms with Crippen molar-refractivity contribution in [2.24, 2.45) is 0 Å². The minimum atomic E-state index is -1.20. The molecule has 0 aliphatic heterocycles. The standard InChI is InChI=1S/C14H12N2O5/c1-21-8-2-3-9(14(19)20)11(6-8)16-13(18)10-7-15-5-4-12(10)17/h2-7H,1H3,(H,15,17)(H,16,18)(H,19,20). The minimum absolute atomic E-state index is 0.0510. The Hall–Kier alpha value is -3.09. The molecular formula is C14H12N2O5. The Balaban J connectivity index is 2.38. The van der Waals surface area contributed by atoms with Gasteiger partial charge in [0, 0.05) is 24.5 Å². The predicted molar refractivity (Wildman–Crippen MR) is 75.0 cm³/mol. The van der Waals surface area contributed by atoms with E-state index in [2.05, 4.69) is 10.3 Å². The maximum absolute atomic E-state index is 12.0. The fraction of sp³-hybridized carbons (Fsp3) is 0.0714. The average molecular weight is 288 g/mol. The summed E-state index contributed by atoms with van der Waals surface area (Å²) in [5.74, 6) is -1.51. The van der Waals surface area contributed by atoms with Crippen molar-refractivity contribution in [3.8, 4) is 5.75 Å². The quantitative estimate of drug-likeness (QED) is 0.786. The van der Waals surface area contributed by atoms with Crippen LogP contribution in [0.25, 0.3) is 0 Å². The Morgan fingerprint density at radius 2 is 2.00 bits per heavy atom. The molecule has 0 saturated heterocycles. The van der Waals surface area contributed by atoms with Crippen LogP contribution in [0, 0.1) is 0 Å². The number of anilines is 1. The van der Waals surface area contributed by atoms with Crippen LogP contribution >= 0.6 is 0 Å². The fourth-order valence-corrected chi connectivity index (χ4v) is 1.72. The molecule has 0 saturated carbocycles. The average Bonchev–Trinajstić information content (AvgIpc) is 2.47. The Labute approximate surface area is 119 Å². The number of amides is 1. The van der Waals surface area contributed by atoms with Crippen molar-refractivity contribution in [3.63, 3.8) is 0 Å². The third-order valence-electron chi connectivity index (χ3n) is 2.77. The molecule has 3 N–H and O–H groups in total. The number of carboxylic acid groups (broad SMARTS) is 1. The summed E-state index contributed by atoms with van der Waals surface area (Å²) >= 11 is 0. The van der Waals surface area contributed by atoms with E-state index in [1.807, 2.05) is 0 Å². The maximum Gasteiger partial charge on any atom is 0.337 e. The van der Waals surface area contributed by atoms with Gasteiger partial charge >= 0.3 is 5.97 Å². The lowest BCUT2D eigenvalue weighted by Crippen LogP contribution is -2.22. The number of aromatic amines is 1. The number of aromatic nitrogens is 1. The van der Waals surface area contributed by atoms with Crippen molar-refractivity contribution in [1.29, 1.82) is 0 Å². The molecule has 1 aromatic carbocycles. The molecule has 1 heterocycles. The first-order valence-electron chi connectivity index (χ1n) is 5.92. The Kier molecular flexibility index (Phi) is 4.03. The van der Waals surface area contributed by atoms with E-state index >= 15 is 0 Å². The van der Waals surface area contributed by atoms with Gasteiger partial charge in [-0.25, -0.2) is 4.79 Å². The second-order valence-corrected chi connectivity index (χ2v) is 4.09. The largest absolute Gasteiger partial charge is 0.497 e. The van der Waals surface area contributed by atoms with Gasteiger partial charge in [0.05, 0.1) is 18.4 Å². The van der Waals surface area contributed by atoms with Crippen LogP contribution in [0.5, 0.6) is 5.75 Å². The van der Waals surface area contributed by atoms with Gasteiger partial charge in [-0.05, 0) is 12.1 Å². The van der Waals surface area contributed by atoms with Crippen LogP contribution in [0.4, 0.5) is 5.69 Å². The topological polar surface area (TPSA) is 108 Å². The van der Waals surface area contributed by atoms with Gasteiger partial charge in [-0.3, -0.25) is 9.59 Å². The van der Waals surface area contributed by atoms with Crippen molar-refractivity contribution in [1.82, 2.24) is 4.98 Å². The van der Waals surface area contributed by atoms with Crippen LogP contribution in [-0.4, -0.2) is 29.1 Å². The van der Waals surface area contributed by atoms with Gasteiger partial charge in [0.2, 0.25) is 0 Å². The number of ether oxygens (including phenoxy) is 1. The maximum atomic E-state index is 12.0. The summed E-state index contributed by atoms with van der Waals surface area (Å²) in [6.45, 7) is 0. The third-order valence-corrected chi connectivity index (χ3v) is 2.77. The zero-order chi connectivity index (χ0) is 15.4. The molecule has 0 unspecified atom stereocenters. The van der Waals surface area contributed by atoms with E-state index in [1.54, 1.807) is 0 Å². The molecule has 0 fully saturated rings. The smallest absolute Gasteiger partial charge is 0.337 e. The summed E-state index contributed by atoms with van der Waals surface area (Å²) < 4.78 is 4.99. The normalized spacial score (nSPS) is 9.95. The monoisotopic (exact) mass is 288 g/mol. The molecule has 21 heavy (non-hydrogen) atoms. The molecule has 2 aromatic rings. The second kappa shape index (κ2) is 5.91. The van der Waals surface area contributed by atoms with Gasteiger partial charge in [-0.2, -0.15) is 0 Å². The summed E-state index contributed by atoms with van der Waals surface area (Å²) in [5, 5.41) is 11.5. The first-order valence-corrected chi connectivity index (χ1v) is 5.92. The van der Waals surface area contributed by atoms with Crippen molar-refractivity contribution >= 4 is 17.6 Å². The number of carbonyl (C=O) groups is 2. The van der Waals surface area contributed by atoms with Crippen molar-refractivity contribution < 1.29 is 19.4 Å². The molecule has 0 atom stereocenters. The lowest BCUT2D eigenvalue weighted by Gasteiger charge is -2.10. The first kappa shape index (κ1) is 14.3. The number of hydrogen-bond acceptors (Lipinski definition) is 4. The van der Waals surface area contributed by atoms with Gasteiger partial charge in [-0.1, -0.05) is 0 Å². The number of aromatic carboxylic acids is 1. The summed E-state index contributed by atoms with van der Waals surface area (Å²) in [6, 6.07) is 5.36. The van der Waals surface area contributed by atoms with E-state index in [0.717, 1.165) is 0 Å². The van der Waals surface area contributed by atoms with Crippen LogP contribution < -0.4 is 15.5 Å². The predicted octanol–water partition coefficient (Wildman–Crippen LogP) is 1.33. The highest BCUT2D eigenvalue weighted by molar-refractivity contribution is 6.07. The molecule has 108 valence electrons. The number of benzene rings is 1. The molecule has 7 heteroatoms. The fourth-order valence-electron chi connectivity index (χ4n) is 1.72. The molecule has 1 aromatic heterocycles. The van der Waals surface area contributed by atoms with E-state index in [-0.39, 0.29) is 16.8 Å². The van der Waals surface area contributed by atoms with Gasteiger partial charge in [-0.15, -0.1) is 0 Å². The minimum Gasteiger partial charge on any atom is -0.497 e. The number of carbonyl (C=O) groups excluding carboxylic acids is 1. The third kappa shape index (κ3) is 3.08. The van der Waals surface area contributed by atoms with Crippen LogP contribution in [0.3, 0.4) is 0 Å². The lowest BCUT2D eigenvalue weighted by molar-refractivity contribution is 0.0698. The number of H-pyrrole nitrogens is 1. The molecule has 0 aliphatic rings. The Morgan fingerprint density at radius 3 is 2.62 bits per heavy atom. The van der Waals surface area contributed by atoms with Crippen molar-refractivity contribution in [3.05, 3.63) is 58.0 Å². The molecule has 1 amide bonds. The molecule has 0 bridgehead atoms. The lowest BCUT2D eigenvalue weighted by atomic mass is 10.1. The van der Waals surface area contributed by atoms with Gasteiger partial charge in [0.1, 0.15) is 11.3 Å². The van der Waals surface area contributed by atoms with E-state index in [4.69, 9.17) is 9.84 Å². The summed E-state index contributed by atoms with van der Waals surface area (Å²) in [4.78, 5) is 37.4. The van der Waals surface area contributed by atoms with Crippen LogP contribution in [-0.2, 0) is 0 Å². The molecule has 2 rings (SSSR count). The van der Waals surface area contributed by atoms with E-state index in [9.17, 15) is 14.4 Å². The zero-order valence-electron chi connectivity index (χ0n) is 11.0. The highest BCUT2D eigenvalue weighted by atomic mass is 16.5. The Bertz CT molecular complexity index is 751. The molecule has 7 nitrogen and oxygen atoms in total. The highest BCUT2D eigenvalue weighted by Gasteiger charge is 2.16. The van der Waals surface area contributed by atoms with Crippen molar-refractivity contribution in [2.75, 3.05) is 12.4 Å². The SMILES string of the molecule is COc1ccc(C(=O)O)c(NC(=O)c2c[nH]ccc2=O)c1. The molecule has 0 aliphatic carbocycles. The van der Waals surface area contributed by atoms with Crippen molar-refractivity contribution in [2.45, 2.75) is 0 Å². The Morgan fingerprint density at radius 1 is 1.24 bits per heavy atom. The van der Waals surface area contributed by atoms with Crippen LogP contribution in [0.15, 0.2) is 41.5 Å². The number of pyridine rings is 1. The van der Waals surface area contributed by atoms with Crippen LogP contribution in [0.2, 0.25) is 0 Å². The summed E-state index contributed by atoms with van der Waals surface area (Å²) in [5.41, 5.74) is -0.630. The van der Waals surface area contributed by atoms with Gasteiger partial charge < -0.3 is 20.1 Å². The first-order chi connectivity index (χ1) is 10.0. The molecule has 0 spiro atoms. The van der Waals surface area contributed by atoms with Crippen LogP contribution in [0.1, 0.15) is 20.7 Å². The summed E-state index contributed by atoms with van der Waals surface area (Å²) in [7, 11) is 1.42. The summed E-state index contributed by atoms with van der Waals surface area (Å²) in [6.07, 6.45) is 2.64. The highest BCUT2D eigenvalue weighted by Crippen LogP contribution is 2.23. The van der Waals surface area contributed by atoms with Gasteiger partial charge in [0.25, 0.3) is 5.91 Å². The molecule has 0 radical (unpaired) electrons. The second-order valence-electron chi connectivity index (χ2n) is 4.09.